The van der Waals surface area contributed by atoms with Gasteiger partial charge in [0, 0.05) is 36.8 Å². The monoisotopic (exact) mass is 277 g/mol. The smallest absolute Gasteiger partial charge is 0.137 e. The molecule has 21 heavy (non-hydrogen) atoms. The minimum atomic E-state index is 1.02. The molecule has 0 fully saturated rings. The number of pyridine rings is 1. The van der Waals surface area contributed by atoms with E-state index in [9.17, 15) is 0 Å². The lowest BCUT2D eigenvalue weighted by atomic mass is 10.0. The molecule has 1 aliphatic rings. The van der Waals surface area contributed by atoms with Gasteiger partial charge in [0.2, 0.25) is 0 Å². The highest BCUT2D eigenvalue weighted by atomic mass is 15.1. The normalized spacial score (nSPS) is 15.3. The fourth-order valence-electron chi connectivity index (χ4n) is 3.35. The van der Waals surface area contributed by atoms with Crippen LogP contribution in [0, 0.1) is 6.92 Å². The Morgan fingerprint density at radius 3 is 2.86 bits per heavy atom. The second-order valence-corrected chi connectivity index (χ2v) is 5.96. The summed E-state index contributed by atoms with van der Waals surface area (Å²) in [4.78, 5) is 6.97. The fraction of sp³-hybridized carbons (Fsp3) is 0.278. The van der Waals surface area contributed by atoms with Gasteiger partial charge in [-0.3, -0.25) is 4.57 Å². The Morgan fingerprint density at radius 2 is 2.05 bits per heavy atom. The van der Waals surface area contributed by atoms with Crippen molar-refractivity contribution in [3.8, 4) is 5.82 Å². The second kappa shape index (κ2) is 4.71. The standard InChI is InChI=1S/C18H19N3/c1-13-6-7-16-14(11-13)15-12-20(2)10-8-17(15)21(16)18-5-3-4-9-19-18/h3-7,9,11H,8,10,12H2,1-2H3. The van der Waals surface area contributed by atoms with Gasteiger partial charge in [-0.15, -0.1) is 0 Å². The first-order chi connectivity index (χ1) is 10.2. The Bertz CT molecular complexity index is 802. The van der Waals surface area contributed by atoms with Gasteiger partial charge >= 0.3 is 0 Å². The van der Waals surface area contributed by atoms with Gasteiger partial charge in [0.05, 0.1) is 5.52 Å². The van der Waals surface area contributed by atoms with Gasteiger partial charge in [0.1, 0.15) is 5.82 Å². The molecule has 0 spiro atoms. The molecule has 0 saturated heterocycles. The first-order valence-electron chi connectivity index (χ1n) is 7.47. The molecule has 0 saturated carbocycles. The third-order valence-corrected chi connectivity index (χ3v) is 4.37. The summed E-state index contributed by atoms with van der Waals surface area (Å²) in [5, 5.41) is 1.38. The summed E-state index contributed by atoms with van der Waals surface area (Å²) in [6, 6.07) is 12.9. The van der Waals surface area contributed by atoms with E-state index >= 15 is 0 Å². The zero-order valence-electron chi connectivity index (χ0n) is 12.5. The number of hydrogen-bond acceptors (Lipinski definition) is 2. The zero-order valence-corrected chi connectivity index (χ0v) is 12.5. The van der Waals surface area contributed by atoms with Crippen molar-refractivity contribution < 1.29 is 0 Å². The van der Waals surface area contributed by atoms with E-state index in [-0.39, 0.29) is 0 Å². The first kappa shape index (κ1) is 12.6. The van der Waals surface area contributed by atoms with Crippen LogP contribution in [0.15, 0.2) is 42.6 Å². The Kier molecular flexibility index (Phi) is 2.82. The van der Waals surface area contributed by atoms with E-state index in [1.165, 1.54) is 27.7 Å². The van der Waals surface area contributed by atoms with Gasteiger partial charge in [0.15, 0.2) is 0 Å². The number of aromatic nitrogens is 2. The van der Waals surface area contributed by atoms with Crippen LogP contribution in [0.3, 0.4) is 0 Å². The molecule has 3 heterocycles. The molecular formula is C18H19N3. The largest absolute Gasteiger partial charge is 0.302 e. The predicted octanol–water partition coefficient (Wildman–Crippen LogP) is 3.32. The van der Waals surface area contributed by atoms with Crippen LogP contribution in [0.1, 0.15) is 16.8 Å². The lowest BCUT2D eigenvalue weighted by molar-refractivity contribution is 0.311. The molecular weight excluding hydrogens is 258 g/mol. The van der Waals surface area contributed by atoms with E-state index in [4.69, 9.17) is 0 Å². The number of rotatable bonds is 1. The number of hydrogen-bond donors (Lipinski definition) is 0. The van der Waals surface area contributed by atoms with Crippen molar-refractivity contribution in [1.29, 1.82) is 0 Å². The van der Waals surface area contributed by atoms with E-state index < -0.39 is 0 Å². The second-order valence-electron chi connectivity index (χ2n) is 5.96. The highest BCUT2D eigenvalue weighted by Gasteiger charge is 2.23. The van der Waals surface area contributed by atoms with Crippen molar-refractivity contribution in [1.82, 2.24) is 14.5 Å². The SMILES string of the molecule is Cc1ccc2c(c1)c1c(n2-c2ccccn2)CCN(C)C1. The third kappa shape index (κ3) is 1.96. The first-order valence-corrected chi connectivity index (χ1v) is 7.47. The number of benzene rings is 1. The topological polar surface area (TPSA) is 21.1 Å². The summed E-state index contributed by atoms with van der Waals surface area (Å²) in [6.07, 6.45) is 2.95. The van der Waals surface area contributed by atoms with Crippen molar-refractivity contribution in [3.63, 3.8) is 0 Å². The van der Waals surface area contributed by atoms with Crippen molar-refractivity contribution in [2.75, 3.05) is 13.6 Å². The van der Waals surface area contributed by atoms with Gasteiger partial charge in [-0.05, 0) is 43.8 Å². The molecule has 0 unspecified atom stereocenters. The summed E-state index contributed by atoms with van der Waals surface area (Å²) in [5.41, 5.74) is 5.48. The van der Waals surface area contributed by atoms with Gasteiger partial charge in [0.25, 0.3) is 0 Å². The zero-order chi connectivity index (χ0) is 14.4. The molecule has 4 rings (SSSR count). The van der Waals surface area contributed by atoms with Crippen molar-refractivity contribution >= 4 is 10.9 Å². The van der Waals surface area contributed by atoms with Gasteiger partial charge < -0.3 is 4.90 Å². The molecule has 0 N–H and O–H groups in total. The molecule has 0 aliphatic carbocycles. The summed E-state index contributed by atoms with van der Waals surface area (Å²) in [6.45, 7) is 4.29. The predicted molar refractivity (Wildman–Crippen MR) is 85.8 cm³/mol. The lowest BCUT2D eigenvalue weighted by Gasteiger charge is -2.24. The molecule has 1 aliphatic heterocycles. The average Bonchev–Trinajstić information content (AvgIpc) is 2.81. The van der Waals surface area contributed by atoms with Crippen molar-refractivity contribution in [3.05, 3.63) is 59.4 Å². The van der Waals surface area contributed by atoms with E-state index in [0.29, 0.717) is 0 Å². The summed E-state index contributed by atoms with van der Waals surface area (Å²) < 4.78 is 2.34. The number of likely N-dealkylation sites (N-methyl/N-ethyl adjacent to an activating group) is 1. The van der Waals surface area contributed by atoms with Crippen molar-refractivity contribution in [2.24, 2.45) is 0 Å². The highest BCUT2D eigenvalue weighted by Crippen LogP contribution is 2.33. The average molecular weight is 277 g/mol. The number of aryl methyl sites for hydroxylation is 1. The van der Waals surface area contributed by atoms with Crippen LogP contribution in [0.5, 0.6) is 0 Å². The van der Waals surface area contributed by atoms with E-state index in [1.54, 1.807) is 0 Å². The fourth-order valence-corrected chi connectivity index (χ4v) is 3.35. The van der Waals surface area contributed by atoms with Gasteiger partial charge in [-0.1, -0.05) is 17.7 Å². The maximum Gasteiger partial charge on any atom is 0.137 e. The Morgan fingerprint density at radius 1 is 1.14 bits per heavy atom. The molecule has 3 nitrogen and oxygen atoms in total. The minimum absolute atomic E-state index is 1.02. The molecule has 1 aromatic carbocycles. The highest BCUT2D eigenvalue weighted by molar-refractivity contribution is 5.88. The molecule has 0 radical (unpaired) electrons. The maximum atomic E-state index is 4.57. The molecule has 3 aromatic rings. The minimum Gasteiger partial charge on any atom is -0.302 e. The van der Waals surface area contributed by atoms with Gasteiger partial charge in [-0.2, -0.15) is 0 Å². The Labute approximate surface area is 124 Å². The summed E-state index contributed by atoms with van der Waals surface area (Å²) in [5.74, 6) is 1.03. The molecule has 3 heteroatoms. The number of fused-ring (bicyclic) bond motifs is 3. The van der Waals surface area contributed by atoms with Crippen LogP contribution in [-0.2, 0) is 13.0 Å². The third-order valence-electron chi connectivity index (χ3n) is 4.37. The number of nitrogens with zero attached hydrogens (tertiary/aromatic N) is 3. The van der Waals surface area contributed by atoms with Crippen LogP contribution in [0.25, 0.3) is 16.7 Å². The Hall–Kier alpha value is -2.13. The van der Waals surface area contributed by atoms with Gasteiger partial charge in [-0.25, -0.2) is 4.98 Å². The van der Waals surface area contributed by atoms with Crippen LogP contribution in [0.4, 0.5) is 0 Å². The van der Waals surface area contributed by atoms with E-state index in [1.807, 2.05) is 12.3 Å². The summed E-state index contributed by atoms with van der Waals surface area (Å²) in [7, 11) is 2.20. The molecule has 106 valence electrons. The van der Waals surface area contributed by atoms with Crippen LogP contribution in [-0.4, -0.2) is 28.0 Å². The van der Waals surface area contributed by atoms with E-state index in [0.717, 1.165) is 25.3 Å². The maximum absolute atomic E-state index is 4.57. The molecule has 0 bridgehead atoms. The summed E-state index contributed by atoms with van der Waals surface area (Å²) >= 11 is 0. The van der Waals surface area contributed by atoms with Crippen LogP contribution >= 0.6 is 0 Å². The molecule has 2 aromatic heterocycles. The van der Waals surface area contributed by atoms with Crippen LogP contribution in [0.2, 0.25) is 0 Å². The molecule has 0 atom stereocenters. The Balaban J connectivity index is 2.06. The van der Waals surface area contributed by atoms with Crippen LogP contribution < -0.4 is 0 Å². The lowest BCUT2D eigenvalue weighted by Crippen LogP contribution is -2.27. The van der Waals surface area contributed by atoms with Crippen molar-refractivity contribution in [2.45, 2.75) is 19.9 Å². The van der Waals surface area contributed by atoms with E-state index in [2.05, 4.69) is 58.8 Å². The quantitative estimate of drug-likeness (QED) is 0.680. The molecule has 0 amide bonds.